The van der Waals surface area contributed by atoms with E-state index in [1.165, 1.54) is 19.6 Å². The van der Waals surface area contributed by atoms with Crippen LogP contribution in [0.15, 0.2) is 18.3 Å². The van der Waals surface area contributed by atoms with Crippen LogP contribution in [0.2, 0.25) is 0 Å². The number of nitrogen functional groups attached to an aromatic ring is 1. The van der Waals surface area contributed by atoms with E-state index in [0.717, 1.165) is 30.9 Å². The number of nitrogens with zero attached hydrogens (tertiary/aromatic N) is 3. The van der Waals surface area contributed by atoms with Crippen molar-refractivity contribution in [2.75, 3.05) is 38.5 Å². The highest BCUT2D eigenvalue weighted by molar-refractivity contribution is 5.34. The summed E-state index contributed by atoms with van der Waals surface area (Å²) in [6.45, 7) is 10.3. The van der Waals surface area contributed by atoms with Gasteiger partial charge in [0.05, 0.1) is 11.9 Å². The topological polar surface area (TPSA) is 45.4 Å². The number of piperazine rings is 1. The van der Waals surface area contributed by atoms with Gasteiger partial charge in [-0.1, -0.05) is 6.92 Å². The molecular formula is C14H24N4. The maximum absolute atomic E-state index is 5.64. The third-order valence-corrected chi connectivity index (χ3v) is 3.79. The molecule has 1 saturated heterocycles. The minimum atomic E-state index is 0.670. The average Bonchev–Trinajstić information content (AvgIpc) is 2.38. The Bertz CT molecular complexity index is 363. The van der Waals surface area contributed by atoms with E-state index in [1.54, 1.807) is 6.20 Å². The maximum Gasteiger partial charge on any atom is 0.0501 e. The summed E-state index contributed by atoms with van der Waals surface area (Å²) in [6, 6.07) is 4.63. The first kappa shape index (κ1) is 13.3. The van der Waals surface area contributed by atoms with Gasteiger partial charge >= 0.3 is 0 Å². The number of hydrogen-bond acceptors (Lipinski definition) is 4. The quantitative estimate of drug-likeness (QED) is 0.870. The van der Waals surface area contributed by atoms with Crippen LogP contribution in [0.4, 0.5) is 5.69 Å². The first-order valence-corrected chi connectivity index (χ1v) is 6.86. The van der Waals surface area contributed by atoms with E-state index in [0.29, 0.717) is 6.04 Å². The molecular weight excluding hydrogens is 224 g/mol. The van der Waals surface area contributed by atoms with Crippen LogP contribution in [-0.2, 0) is 6.42 Å². The van der Waals surface area contributed by atoms with Crippen molar-refractivity contribution in [1.29, 1.82) is 0 Å². The monoisotopic (exact) mass is 248 g/mol. The number of aromatic nitrogens is 1. The summed E-state index contributed by atoms with van der Waals surface area (Å²) in [5.41, 5.74) is 7.51. The Morgan fingerprint density at radius 1 is 1.39 bits per heavy atom. The lowest BCUT2D eigenvalue weighted by molar-refractivity contribution is 0.0888. The van der Waals surface area contributed by atoms with E-state index in [2.05, 4.69) is 28.6 Å². The molecule has 0 bridgehead atoms. The van der Waals surface area contributed by atoms with Crippen molar-refractivity contribution < 1.29 is 0 Å². The molecule has 0 amide bonds. The molecule has 1 atom stereocenters. The largest absolute Gasteiger partial charge is 0.397 e. The van der Waals surface area contributed by atoms with Gasteiger partial charge in [0.2, 0.25) is 0 Å². The molecule has 2 heterocycles. The predicted molar refractivity (Wildman–Crippen MR) is 75.5 cm³/mol. The number of pyridine rings is 1. The molecule has 0 saturated carbocycles. The van der Waals surface area contributed by atoms with Crippen molar-refractivity contribution in [3.63, 3.8) is 0 Å². The molecule has 1 aliphatic heterocycles. The second kappa shape index (κ2) is 6.16. The molecule has 0 aromatic carbocycles. The second-order valence-corrected chi connectivity index (χ2v) is 5.11. The van der Waals surface area contributed by atoms with Gasteiger partial charge in [-0.2, -0.15) is 0 Å². The van der Waals surface area contributed by atoms with Crippen molar-refractivity contribution in [3.05, 3.63) is 24.0 Å². The highest BCUT2D eigenvalue weighted by Gasteiger charge is 2.21. The maximum atomic E-state index is 5.64. The molecule has 0 radical (unpaired) electrons. The minimum Gasteiger partial charge on any atom is -0.397 e. The first-order valence-electron chi connectivity index (χ1n) is 6.86. The molecule has 1 aliphatic rings. The Kier molecular flexibility index (Phi) is 4.55. The van der Waals surface area contributed by atoms with Crippen LogP contribution in [0.3, 0.4) is 0 Å². The molecule has 2 rings (SSSR count). The van der Waals surface area contributed by atoms with Crippen LogP contribution in [0, 0.1) is 0 Å². The van der Waals surface area contributed by atoms with Gasteiger partial charge in [-0.25, -0.2) is 0 Å². The van der Waals surface area contributed by atoms with E-state index in [-0.39, 0.29) is 0 Å². The molecule has 1 aromatic rings. The van der Waals surface area contributed by atoms with Crippen LogP contribution in [0.1, 0.15) is 19.5 Å². The lowest BCUT2D eigenvalue weighted by Gasteiger charge is -2.39. The third kappa shape index (κ3) is 3.43. The number of likely N-dealkylation sites (N-methyl/N-ethyl adjacent to an activating group) is 1. The summed E-state index contributed by atoms with van der Waals surface area (Å²) in [5.74, 6) is 0. The Hall–Kier alpha value is -1.13. The summed E-state index contributed by atoms with van der Waals surface area (Å²) < 4.78 is 0. The summed E-state index contributed by atoms with van der Waals surface area (Å²) in [4.78, 5) is 9.43. The number of anilines is 1. The van der Waals surface area contributed by atoms with Crippen molar-refractivity contribution in [2.45, 2.75) is 26.3 Å². The Morgan fingerprint density at radius 3 is 2.83 bits per heavy atom. The molecule has 0 spiro atoms. The third-order valence-electron chi connectivity index (χ3n) is 3.79. The smallest absolute Gasteiger partial charge is 0.0501 e. The zero-order valence-electron chi connectivity index (χ0n) is 11.5. The fraction of sp³-hybridized carbons (Fsp3) is 0.643. The highest BCUT2D eigenvalue weighted by atomic mass is 15.3. The Morgan fingerprint density at radius 2 is 2.22 bits per heavy atom. The van der Waals surface area contributed by atoms with Crippen molar-refractivity contribution in [2.24, 2.45) is 0 Å². The fourth-order valence-corrected chi connectivity index (χ4v) is 2.60. The van der Waals surface area contributed by atoms with E-state index >= 15 is 0 Å². The van der Waals surface area contributed by atoms with Crippen molar-refractivity contribution >= 4 is 5.69 Å². The van der Waals surface area contributed by atoms with E-state index in [4.69, 9.17) is 5.73 Å². The van der Waals surface area contributed by atoms with Gasteiger partial charge in [0.25, 0.3) is 0 Å². The Labute approximate surface area is 110 Å². The van der Waals surface area contributed by atoms with Crippen LogP contribution in [-0.4, -0.2) is 53.5 Å². The van der Waals surface area contributed by atoms with Crippen LogP contribution in [0.5, 0.6) is 0 Å². The second-order valence-electron chi connectivity index (χ2n) is 5.11. The average molecular weight is 248 g/mol. The van der Waals surface area contributed by atoms with E-state index < -0.39 is 0 Å². The molecule has 1 aromatic heterocycles. The fourth-order valence-electron chi connectivity index (χ4n) is 2.60. The first-order chi connectivity index (χ1) is 8.69. The van der Waals surface area contributed by atoms with E-state index in [9.17, 15) is 0 Å². The molecule has 4 nitrogen and oxygen atoms in total. The number of nitrogens with two attached hydrogens (primary N) is 1. The molecule has 100 valence electrons. The van der Waals surface area contributed by atoms with Crippen LogP contribution < -0.4 is 5.73 Å². The van der Waals surface area contributed by atoms with Gasteiger partial charge in [0, 0.05) is 44.3 Å². The summed E-state index contributed by atoms with van der Waals surface area (Å²) >= 11 is 0. The van der Waals surface area contributed by atoms with Gasteiger partial charge in [-0.3, -0.25) is 9.88 Å². The van der Waals surface area contributed by atoms with Gasteiger partial charge in [-0.05, 0) is 25.6 Å². The zero-order valence-corrected chi connectivity index (χ0v) is 11.5. The molecule has 1 unspecified atom stereocenters. The number of hydrogen-bond donors (Lipinski definition) is 1. The summed E-state index contributed by atoms with van der Waals surface area (Å²) in [5, 5.41) is 0. The SMILES string of the molecule is CCN1CCN(CCc2ccc(N)cn2)CC1C. The molecule has 2 N–H and O–H groups in total. The Balaban J connectivity index is 1.79. The summed E-state index contributed by atoms with van der Waals surface area (Å²) in [6.07, 6.45) is 2.76. The normalized spacial score (nSPS) is 22.2. The molecule has 4 heteroatoms. The van der Waals surface area contributed by atoms with Crippen molar-refractivity contribution in [1.82, 2.24) is 14.8 Å². The van der Waals surface area contributed by atoms with Crippen LogP contribution in [0.25, 0.3) is 0 Å². The van der Waals surface area contributed by atoms with Gasteiger partial charge < -0.3 is 10.6 Å². The van der Waals surface area contributed by atoms with E-state index in [1.807, 2.05) is 12.1 Å². The lowest BCUT2D eigenvalue weighted by Crippen LogP contribution is -2.51. The minimum absolute atomic E-state index is 0.670. The van der Waals surface area contributed by atoms with Crippen molar-refractivity contribution in [3.8, 4) is 0 Å². The molecule has 0 aliphatic carbocycles. The highest BCUT2D eigenvalue weighted by Crippen LogP contribution is 2.10. The standard InChI is InChI=1S/C14H24N4/c1-3-18-9-8-17(11-12(18)2)7-6-14-5-4-13(15)10-16-14/h4-5,10,12H,3,6-9,11,15H2,1-2H3. The lowest BCUT2D eigenvalue weighted by atomic mass is 10.1. The number of rotatable bonds is 4. The van der Waals surface area contributed by atoms with Gasteiger partial charge in [0.1, 0.15) is 0 Å². The molecule has 1 fully saturated rings. The zero-order chi connectivity index (χ0) is 13.0. The summed E-state index contributed by atoms with van der Waals surface area (Å²) in [7, 11) is 0. The van der Waals surface area contributed by atoms with Crippen LogP contribution >= 0.6 is 0 Å². The van der Waals surface area contributed by atoms with Gasteiger partial charge in [0.15, 0.2) is 0 Å². The predicted octanol–water partition coefficient (Wildman–Crippen LogP) is 1.23. The molecule has 18 heavy (non-hydrogen) atoms. The van der Waals surface area contributed by atoms with Gasteiger partial charge in [-0.15, -0.1) is 0 Å².